The minimum absolute atomic E-state index is 0.0113. The zero-order valence-electron chi connectivity index (χ0n) is 16.6. The van der Waals surface area contributed by atoms with Gasteiger partial charge in [-0.05, 0) is 54.4 Å². The van der Waals surface area contributed by atoms with Crippen LogP contribution in [0.25, 0.3) is 33.1 Å². The highest BCUT2D eigenvalue weighted by Crippen LogP contribution is 2.33. The molecule has 0 spiro atoms. The van der Waals surface area contributed by atoms with Crippen LogP contribution >= 0.6 is 11.3 Å². The lowest BCUT2D eigenvalue weighted by molar-refractivity contribution is -0.137. The minimum Gasteiger partial charge on any atom is -0.251 e. The molecule has 4 aromatic rings. The lowest BCUT2D eigenvalue weighted by Crippen LogP contribution is -2.11. The normalized spacial score (nSPS) is 12.2. The van der Waals surface area contributed by atoms with E-state index in [2.05, 4.69) is 9.97 Å². The van der Waals surface area contributed by atoms with Crippen LogP contribution in [0.2, 0.25) is 0 Å². The molecule has 32 heavy (non-hydrogen) atoms. The molecule has 2 aromatic heterocycles. The largest absolute Gasteiger partial charge is 0.416 e. The Labute approximate surface area is 186 Å². The minimum atomic E-state index is -4.39. The lowest BCUT2D eigenvalue weighted by atomic mass is 10.0. The SMILES string of the molecule is Cc1cc(-c2ccc(C(F)(F)F)cc2)cc(-c2nc(-c3cccc(S(N)(=O)=O)c3)cs2)n1. The number of aromatic nitrogens is 2. The molecule has 0 saturated heterocycles. The number of alkyl halides is 3. The fourth-order valence-corrected chi connectivity index (χ4v) is 4.50. The third-order valence-corrected chi connectivity index (χ3v) is 6.46. The van der Waals surface area contributed by atoms with Crippen LogP contribution in [-0.2, 0) is 16.2 Å². The van der Waals surface area contributed by atoms with Crippen molar-refractivity contribution < 1.29 is 21.6 Å². The fraction of sp³-hybridized carbons (Fsp3) is 0.0909. The smallest absolute Gasteiger partial charge is 0.251 e. The molecule has 0 bridgehead atoms. The number of hydrogen-bond donors (Lipinski definition) is 1. The number of rotatable bonds is 4. The summed E-state index contributed by atoms with van der Waals surface area (Å²) in [6.45, 7) is 1.79. The molecule has 0 aliphatic rings. The van der Waals surface area contributed by atoms with Gasteiger partial charge < -0.3 is 0 Å². The standard InChI is InChI=1S/C22H16F3N3O2S2/c1-13-9-16(14-5-7-17(8-6-14)22(23,24)25)11-19(27-13)21-28-20(12-31-21)15-3-2-4-18(10-15)32(26,29)30/h2-12H,1H3,(H2,26,29,30). The summed E-state index contributed by atoms with van der Waals surface area (Å²) in [5.74, 6) is 0. The molecule has 164 valence electrons. The lowest BCUT2D eigenvalue weighted by Gasteiger charge is -2.09. The van der Waals surface area contributed by atoms with Gasteiger partial charge in [0.2, 0.25) is 10.0 Å². The van der Waals surface area contributed by atoms with Crippen molar-refractivity contribution in [3.8, 4) is 33.1 Å². The number of sulfonamides is 1. The Morgan fingerprint density at radius 3 is 2.25 bits per heavy atom. The van der Waals surface area contributed by atoms with Crippen LogP contribution < -0.4 is 5.14 Å². The first-order chi connectivity index (χ1) is 15.0. The van der Waals surface area contributed by atoms with Gasteiger partial charge in [-0.1, -0.05) is 24.3 Å². The molecule has 0 aliphatic carbocycles. The maximum atomic E-state index is 12.8. The molecule has 0 unspecified atom stereocenters. The van der Waals surface area contributed by atoms with Crippen LogP contribution in [0.1, 0.15) is 11.3 Å². The highest BCUT2D eigenvalue weighted by atomic mass is 32.2. The van der Waals surface area contributed by atoms with Crippen LogP contribution in [0, 0.1) is 6.92 Å². The monoisotopic (exact) mass is 475 g/mol. The van der Waals surface area contributed by atoms with E-state index in [9.17, 15) is 21.6 Å². The van der Waals surface area contributed by atoms with Gasteiger partial charge in [-0.2, -0.15) is 13.2 Å². The van der Waals surface area contributed by atoms with Crippen LogP contribution in [-0.4, -0.2) is 18.4 Å². The predicted octanol–water partition coefficient (Wildman–Crippen LogP) is 5.51. The van der Waals surface area contributed by atoms with Gasteiger partial charge in [-0.3, -0.25) is 4.98 Å². The number of hydrogen-bond acceptors (Lipinski definition) is 5. The average molecular weight is 476 g/mol. The highest BCUT2D eigenvalue weighted by Gasteiger charge is 2.30. The van der Waals surface area contributed by atoms with Crippen molar-refractivity contribution in [1.82, 2.24) is 9.97 Å². The number of benzene rings is 2. The van der Waals surface area contributed by atoms with E-state index < -0.39 is 21.8 Å². The molecule has 2 heterocycles. The van der Waals surface area contributed by atoms with Gasteiger partial charge in [0.25, 0.3) is 0 Å². The van der Waals surface area contributed by atoms with E-state index in [4.69, 9.17) is 5.14 Å². The second-order valence-corrected chi connectivity index (χ2v) is 9.49. The Kier molecular flexibility index (Phi) is 5.61. The first kappa shape index (κ1) is 22.1. The molecular weight excluding hydrogens is 459 g/mol. The summed E-state index contributed by atoms with van der Waals surface area (Å²) in [4.78, 5) is 9.06. The van der Waals surface area contributed by atoms with Gasteiger partial charge in [0.05, 0.1) is 21.8 Å². The molecule has 10 heteroatoms. The second-order valence-electron chi connectivity index (χ2n) is 7.07. The molecule has 4 rings (SSSR count). The van der Waals surface area contributed by atoms with Crippen LogP contribution in [0.3, 0.4) is 0 Å². The zero-order valence-corrected chi connectivity index (χ0v) is 18.2. The summed E-state index contributed by atoms with van der Waals surface area (Å²) < 4.78 is 61.8. The van der Waals surface area contributed by atoms with Crippen molar-refractivity contribution in [2.75, 3.05) is 0 Å². The zero-order chi connectivity index (χ0) is 23.1. The number of primary sulfonamides is 1. The summed E-state index contributed by atoms with van der Waals surface area (Å²) in [7, 11) is -3.84. The van der Waals surface area contributed by atoms with Crippen LogP contribution in [0.15, 0.2) is 70.9 Å². The van der Waals surface area contributed by atoms with Crippen molar-refractivity contribution >= 4 is 21.4 Å². The molecular formula is C22H16F3N3O2S2. The van der Waals surface area contributed by atoms with Gasteiger partial charge >= 0.3 is 6.18 Å². The first-order valence-electron chi connectivity index (χ1n) is 9.26. The molecule has 0 amide bonds. The summed E-state index contributed by atoms with van der Waals surface area (Å²) in [5.41, 5.74) is 3.05. The Hall–Kier alpha value is -3.08. The van der Waals surface area contributed by atoms with Crippen molar-refractivity contribution in [2.24, 2.45) is 5.14 Å². The molecule has 5 nitrogen and oxygen atoms in total. The van der Waals surface area contributed by atoms with E-state index in [0.29, 0.717) is 38.8 Å². The van der Waals surface area contributed by atoms with E-state index in [-0.39, 0.29) is 4.90 Å². The van der Waals surface area contributed by atoms with Crippen molar-refractivity contribution in [2.45, 2.75) is 18.0 Å². The molecule has 0 atom stereocenters. The van der Waals surface area contributed by atoms with E-state index in [1.807, 2.05) is 0 Å². The number of pyridine rings is 1. The quantitative estimate of drug-likeness (QED) is 0.422. The average Bonchev–Trinajstić information content (AvgIpc) is 3.23. The van der Waals surface area contributed by atoms with Crippen molar-refractivity contribution in [3.63, 3.8) is 0 Å². The second kappa shape index (κ2) is 8.12. The van der Waals surface area contributed by atoms with Crippen LogP contribution in [0.4, 0.5) is 13.2 Å². The van der Waals surface area contributed by atoms with Gasteiger partial charge in [0, 0.05) is 16.6 Å². The summed E-state index contributed by atoms with van der Waals surface area (Å²) >= 11 is 1.33. The van der Waals surface area contributed by atoms with E-state index >= 15 is 0 Å². The number of thiazole rings is 1. The van der Waals surface area contributed by atoms with E-state index in [1.54, 1.807) is 36.6 Å². The van der Waals surface area contributed by atoms with E-state index in [1.165, 1.54) is 35.6 Å². The fourth-order valence-electron chi connectivity index (χ4n) is 3.15. The topological polar surface area (TPSA) is 85.9 Å². The third kappa shape index (κ3) is 4.72. The number of aryl methyl sites for hydroxylation is 1. The highest BCUT2D eigenvalue weighted by molar-refractivity contribution is 7.89. The molecule has 0 saturated carbocycles. The number of halogens is 3. The third-order valence-electron chi connectivity index (χ3n) is 4.68. The van der Waals surface area contributed by atoms with Gasteiger partial charge in [-0.25, -0.2) is 18.5 Å². The molecule has 0 aliphatic heterocycles. The Morgan fingerprint density at radius 1 is 0.875 bits per heavy atom. The summed E-state index contributed by atoms with van der Waals surface area (Å²) in [6.07, 6.45) is -4.39. The van der Waals surface area contributed by atoms with Crippen LogP contribution in [0.5, 0.6) is 0 Å². The predicted molar refractivity (Wildman–Crippen MR) is 117 cm³/mol. The number of nitrogens with two attached hydrogens (primary N) is 1. The molecule has 2 aromatic carbocycles. The van der Waals surface area contributed by atoms with Gasteiger partial charge in [0.1, 0.15) is 5.01 Å². The first-order valence-corrected chi connectivity index (χ1v) is 11.7. The maximum absolute atomic E-state index is 12.8. The summed E-state index contributed by atoms with van der Waals surface area (Å²) in [5, 5.41) is 7.58. The Morgan fingerprint density at radius 2 is 1.59 bits per heavy atom. The van der Waals surface area contributed by atoms with E-state index in [0.717, 1.165) is 12.1 Å². The summed E-state index contributed by atoms with van der Waals surface area (Å²) in [6, 6.07) is 14.7. The Bertz CT molecular complexity index is 1400. The maximum Gasteiger partial charge on any atom is 0.416 e. The molecule has 2 N–H and O–H groups in total. The number of nitrogens with zero attached hydrogens (tertiary/aromatic N) is 2. The van der Waals surface area contributed by atoms with Gasteiger partial charge in [0.15, 0.2) is 0 Å². The van der Waals surface area contributed by atoms with Crippen molar-refractivity contribution in [1.29, 1.82) is 0 Å². The Balaban J connectivity index is 1.69. The molecule has 0 radical (unpaired) electrons. The van der Waals surface area contributed by atoms with Crippen molar-refractivity contribution in [3.05, 3.63) is 77.3 Å². The van der Waals surface area contributed by atoms with Gasteiger partial charge in [-0.15, -0.1) is 11.3 Å². The molecule has 0 fully saturated rings.